The number of hydrogen-bond acceptors (Lipinski definition) is 5. The minimum Gasteiger partial charge on any atom is -0.256 e. The Bertz CT molecular complexity index is 1570. The second kappa shape index (κ2) is 10.1. The average Bonchev–Trinajstić information content (AvgIpc) is 2.97. The zero-order valence-corrected chi connectivity index (χ0v) is 21.2. The van der Waals surface area contributed by atoms with E-state index in [9.17, 15) is 0 Å². The summed E-state index contributed by atoms with van der Waals surface area (Å²) < 4.78 is 0. The summed E-state index contributed by atoms with van der Waals surface area (Å²) in [5.41, 5.74) is 9.33. The molecule has 0 saturated carbocycles. The summed E-state index contributed by atoms with van der Waals surface area (Å²) >= 11 is 0. The molecule has 0 spiro atoms. The maximum Gasteiger partial charge on any atom is 0.164 e. The normalized spacial score (nSPS) is 10.9. The van der Waals surface area contributed by atoms with Gasteiger partial charge in [-0.3, -0.25) is 9.97 Å². The number of pyridine rings is 2. The molecule has 3 aromatic carbocycles. The highest BCUT2D eigenvalue weighted by Gasteiger charge is 2.18. The van der Waals surface area contributed by atoms with Gasteiger partial charge in [-0.25, -0.2) is 15.0 Å². The van der Waals surface area contributed by atoms with E-state index in [1.54, 1.807) is 0 Å². The standard InChI is InChI=1S/C33H25N5/c1-22-36-23(2)38-33(37-22)32-28(24-12-16-26(17-13-24)30-10-3-5-20-34-30)8-7-9-29(32)25-14-18-27(19-15-25)31-11-4-6-21-35-31/h3-21H,1-2H3. The predicted molar refractivity (Wildman–Crippen MR) is 152 cm³/mol. The van der Waals surface area contributed by atoms with Gasteiger partial charge in [0, 0.05) is 29.1 Å². The van der Waals surface area contributed by atoms with E-state index in [0.717, 1.165) is 50.3 Å². The molecule has 3 heterocycles. The van der Waals surface area contributed by atoms with Crippen LogP contribution in [0.2, 0.25) is 0 Å². The second-order valence-corrected chi connectivity index (χ2v) is 9.07. The zero-order chi connectivity index (χ0) is 25.9. The first kappa shape index (κ1) is 23.4. The second-order valence-electron chi connectivity index (χ2n) is 9.07. The van der Waals surface area contributed by atoms with E-state index in [0.29, 0.717) is 17.5 Å². The Balaban J connectivity index is 1.49. The average molecular weight is 492 g/mol. The Hall–Kier alpha value is -5.03. The predicted octanol–water partition coefficient (Wildman–Crippen LogP) is 7.61. The first-order chi connectivity index (χ1) is 18.7. The van der Waals surface area contributed by atoms with E-state index in [-0.39, 0.29) is 0 Å². The van der Waals surface area contributed by atoms with E-state index in [1.807, 2.05) is 62.6 Å². The van der Waals surface area contributed by atoms with Crippen LogP contribution in [0.3, 0.4) is 0 Å². The Kier molecular flexibility index (Phi) is 6.24. The number of hydrogen-bond donors (Lipinski definition) is 0. The Labute approximate surface area is 222 Å². The summed E-state index contributed by atoms with van der Waals surface area (Å²) in [5.74, 6) is 2.07. The SMILES string of the molecule is Cc1nc(C)nc(-c2c(-c3ccc(-c4ccccn4)cc3)cccc2-c2ccc(-c3ccccn3)cc2)n1. The molecule has 0 N–H and O–H groups in total. The molecule has 6 aromatic rings. The van der Waals surface area contributed by atoms with Gasteiger partial charge in [0.1, 0.15) is 11.6 Å². The third kappa shape index (κ3) is 4.70. The van der Waals surface area contributed by atoms with Gasteiger partial charge in [-0.15, -0.1) is 0 Å². The summed E-state index contributed by atoms with van der Waals surface area (Å²) in [5, 5.41) is 0. The van der Waals surface area contributed by atoms with Crippen molar-refractivity contribution in [2.45, 2.75) is 13.8 Å². The number of aryl methyl sites for hydroxylation is 2. The molecule has 6 rings (SSSR count). The van der Waals surface area contributed by atoms with Crippen molar-refractivity contribution in [1.29, 1.82) is 0 Å². The fraction of sp³-hybridized carbons (Fsp3) is 0.0606. The van der Waals surface area contributed by atoms with Gasteiger partial charge in [-0.05, 0) is 60.4 Å². The molecule has 0 bridgehead atoms. The number of rotatable bonds is 5. The number of nitrogens with zero attached hydrogens (tertiary/aromatic N) is 5. The highest BCUT2D eigenvalue weighted by atomic mass is 15.0. The molecule has 3 aromatic heterocycles. The van der Waals surface area contributed by atoms with Gasteiger partial charge in [-0.2, -0.15) is 0 Å². The molecular formula is C33H25N5. The maximum atomic E-state index is 4.76. The highest BCUT2D eigenvalue weighted by Crippen LogP contribution is 2.39. The smallest absolute Gasteiger partial charge is 0.164 e. The minimum absolute atomic E-state index is 0.670. The van der Waals surface area contributed by atoms with Crippen molar-refractivity contribution >= 4 is 0 Å². The van der Waals surface area contributed by atoms with E-state index < -0.39 is 0 Å². The first-order valence-corrected chi connectivity index (χ1v) is 12.5. The quantitative estimate of drug-likeness (QED) is 0.248. The Morgan fingerprint density at radius 3 is 1.29 bits per heavy atom. The van der Waals surface area contributed by atoms with E-state index in [4.69, 9.17) is 9.97 Å². The van der Waals surface area contributed by atoms with Gasteiger partial charge in [0.2, 0.25) is 0 Å². The lowest BCUT2D eigenvalue weighted by atomic mass is 9.90. The molecule has 5 nitrogen and oxygen atoms in total. The lowest BCUT2D eigenvalue weighted by molar-refractivity contribution is 0.929. The summed E-state index contributed by atoms with van der Waals surface area (Å²) in [6.07, 6.45) is 3.63. The van der Waals surface area contributed by atoms with Crippen molar-refractivity contribution in [3.05, 3.63) is 127 Å². The fourth-order valence-electron chi connectivity index (χ4n) is 4.71. The molecular weight excluding hydrogens is 466 g/mol. The van der Waals surface area contributed by atoms with Gasteiger partial charge in [0.25, 0.3) is 0 Å². The molecule has 38 heavy (non-hydrogen) atoms. The van der Waals surface area contributed by atoms with Crippen LogP contribution >= 0.6 is 0 Å². The van der Waals surface area contributed by atoms with Crippen LogP contribution in [-0.4, -0.2) is 24.9 Å². The van der Waals surface area contributed by atoms with Crippen LogP contribution in [0.5, 0.6) is 0 Å². The largest absolute Gasteiger partial charge is 0.256 e. The van der Waals surface area contributed by atoms with Crippen LogP contribution in [0, 0.1) is 13.8 Å². The molecule has 0 unspecified atom stereocenters. The third-order valence-corrected chi connectivity index (χ3v) is 6.46. The molecule has 0 fully saturated rings. The third-order valence-electron chi connectivity index (χ3n) is 6.46. The molecule has 0 radical (unpaired) electrons. The van der Waals surface area contributed by atoms with Crippen LogP contribution in [0.4, 0.5) is 0 Å². The molecule has 0 aliphatic heterocycles. The topological polar surface area (TPSA) is 64.5 Å². The van der Waals surface area contributed by atoms with Crippen LogP contribution in [0.15, 0.2) is 116 Å². The zero-order valence-electron chi connectivity index (χ0n) is 21.2. The lowest BCUT2D eigenvalue weighted by Gasteiger charge is -2.16. The van der Waals surface area contributed by atoms with E-state index in [2.05, 4.69) is 81.7 Å². The summed E-state index contributed by atoms with van der Waals surface area (Å²) in [4.78, 5) is 22.9. The monoisotopic (exact) mass is 491 g/mol. The minimum atomic E-state index is 0.670. The van der Waals surface area contributed by atoms with Gasteiger partial charge in [0.05, 0.1) is 11.4 Å². The Morgan fingerprint density at radius 1 is 0.421 bits per heavy atom. The molecule has 0 aliphatic carbocycles. The van der Waals surface area contributed by atoms with Gasteiger partial charge in [-0.1, -0.05) is 78.9 Å². The van der Waals surface area contributed by atoms with Crippen LogP contribution < -0.4 is 0 Å². The fourth-order valence-corrected chi connectivity index (χ4v) is 4.71. The van der Waals surface area contributed by atoms with Crippen molar-refractivity contribution in [1.82, 2.24) is 24.9 Å². The summed E-state index contributed by atoms with van der Waals surface area (Å²) in [6.45, 7) is 3.81. The molecule has 0 aliphatic rings. The summed E-state index contributed by atoms with van der Waals surface area (Å²) in [7, 11) is 0. The van der Waals surface area contributed by atoms with Crippen molar-refractivity contribution < 1.29 is 0 Å². The van der Waals surface area contributed by atoms with Gasteiger partial charge < -0.3 is 0 Å². The van der Waals surface area contributed by atoms with Crippen molar-refractivity contribution in [3.8, 4) is 56.2 Å². The van der Waals surface area contributed by atoms with Crippen molar-refractivity contribution in [2.24, 2.45) is 0 Å². The Morgan fingerprint density at radius 2 is 0.868 bits per heavy atom. The number of benzene rings is 3. The van der Waals surface area contributed by atoms with Gasteiger partial charge in [0.15, 0.2) is 5.82 Å². The molecule has 182 valence electrons. The lowest BCUT2D eigenvalue weighted by Crippen LogP contribution is -2.01. The summed E-state index contributed by atoms with van der Waals surface area (Å²) in [6, 6.07) is 35.2. The van der Waals surface area contributed by atoms with Crippen molar-refractivity contribution in [3.63, 3.8) is 0 Å². The van der Waals surface area contributed by atoms with E-state index >= 15 is 0 Å². The highest BCUT2D eigenvalue weighted by molar-refractivity contribution is 5.93. The first-order valence-electron chi connectivity index (χ1n) is 12.5. The molecule has 0 amide bonds. The molecule has 0 atom stereocenters. The van der Waals surface area contributed by atoms with E-state index in [1.165, 1.54) is 0 Å². The molecule has 0 saturated heterocycles. The number of aromatic nitrogens is 5. The van der Waals surface area contributed by atoms with Crippen LogP contribution in [0.25, 0.3) is 56.2 Å². The molecule has 5 heteroatoms. The maximum absolute atomic E-state index is 4.76. The van der Waals surface area contributed by atoms with Crippen molar-refractivity contribution in [2.75, 3.05) is 0 Å². The van der Waals surface area contributed by atoms with Crippen LogP contribution in [-0.2, 0) is 0 Å². The van der Waals surface area contributed by atoms with Crippen LogP contribution in [0.1, 0.15) is 11.6 Å². The van der Waals surface area contributed by atoms with Gasteiger partial charge >= 0.3 is 0 Å².